The van der Waals surface area contributed by atoms with Crippen LogP contribution < -0.4 is 0 Å². The molecule has 0 saturated carbocycles. The predicted octanol–water partition coefficient (Wildman–Crippen LogP) is 6.26. The molecule has 0 heterocycles. The van der Waals surface area contributed by atoms with Crippen molar-refractivity contribution in [2.45, 2.75) is 107 Å². The van der Waals surface area contributed by atoms with Crippen LogP contribution in [0.1, 0.15) is 101 Å². The monoisotopic (exact) mass is 304 g/mol. The fraction of sp³-hybridized carbons (Fsp3) is 0.947. The van der Waals surface area contributed by atoms with Crippen LogP contribution in [0.2, 0.25) is 0 Å². The quantitative estimate of drug-likeness (QED) is 0.629. The molecule has 0 rings (SSSR count). The van der Waals surface area contributed by atoms with Gasteiger partial charge < -0.3 is 9.90 Å². The number of aliphatic hydroxyl groups is 1. The minimum atomic E-state index is -0.0556. The molecular weight excluding hydrogens is 260 g/mol. The van der Waals surface area contributed by atoms with Crippen molar-refractivity contribution in [3.05, 3.63) is 0 Å². The Balaban J connectivity index is -0.000000110. The van der Waals surface area contributed by atoms with Crippen molar-refractivity contribution in [1.82, 2.24) is 0 Å². The lowest BCUT2D eigenvalue weighted by Crippen LogP contribution is -2.10. The molecular formula is C19H44O2. The van der Waals surface area contributed by atoms with Gasteiger partial charge in [0.2, 0.25) is 0 Å². The molecule has 21 heavy (non-hydrogen) atoms. The largest absolute Gasteiger partial charge is 0.393 e. The van der Waals surface area contributed by atoms with Crippen LogP contribution >= 0.6 is 0 Å². The van der Waals surface area contributed by atoms with Crippen molar-refractivity contribution >= 4 is 5.78 Å². The second-order valence-corrected chi connectivity index (χ2v) is 5.98. The number of aliphatic hydroxyl groups excluding tert-OH is 1. The number of hydrogen-bond acceptors (Lipinski definition) is 2. The van der Waals surface area contributed by atoms with Crippen LogP contribution in [0.4, 0.5) is 0 Å². The Kier molecular flexibility index (Phi) is 33.7. The number of ketones is 1. The molecule has 2 heteroatoms. The van der Waals surface area contributed by atoms with Gasteiger partial charge in [-0.25, -0.2) is 0 Å². The van der Waals surface area contributed by atoms with Gasteiger partial charge >= 0.3 is 0 Å². The van der Waals surface area contributed by atoms with E-state index in [1.54, 1.807) is 6.92 Å². The summed E-state index contributed by atoms with van der Waals surface area (Å²) in [4.78, 5) is 9.81. The Hall–Kier alpha value is -0.370. The maximum absolute atomic E-state index is 9.81. The summed E-state index contributed by atoms with van der Waals surface area (Å²) in [6.07, 6.45) is 4.83. The highest BCUT2D eigenvalue weighted by Gasteiger charge is 2.06. The molecule has 0 aromatic rings. The summed E-state index contributed by atoms with van der Waals surface area (Å²) in [6, 6.07) is 0. The second kappa shape index (κ2) is 24.6. The van der Waals surface area contributed by atoms with Gasteiger partial charge in [-0.15, -0.1) is 0 Å². The van der Waals surface area contributed by atoms with Gasteiger partial charge in [0.05, 0.1) is 6.10 Å². The van der Waals surface area contributed by atoms with E-state index in [0.29, 0.717) is 12.3 Å². The number of carbonyl (C=O) groups is 1. The topological polar surface area (TPSA) is 37.3 Å². The van der Waals surface area contributed by atoms with E-state index in [1.165, 1.54) is 6.42 Å². The third kappa shape index (κ3) is 54.0. The van der Waals surface area contributed by atoms with Gasteiger partial charge in [0.15, 0.2) is 0 Å². The van der Waals surface area contributed by atoms with E-state index >= 15 is 0 Å². The smallest absolute Gasteiger partial charge is 0.129 e. The fourth-order valence-corrected chi connectivity index (χ4v) is 1.08. The molecule has 0 spiro atoms. The molecule has 2 nitrogen and oxygen atoms in total. The zero-order chi connectivity index (χ0) is 17.8. The van der Waals surface area contributed by atoms with Crippen LogP contribution in [0.15, 0.2) is 0 Å². The van der Waals surface area contributed by atoms with Crippen LogP contribution in [-0.2, 0) is 4.79 Å². The molecule has 0 bridgehead atoms. The summed E-state index contributed by atoms with van der Waals surface area (Å²) in [5, 5.41) is 9.35. The van der Waals surface area contributed by atoms with Gasteiger partial charge in [0.1, 0.15) is 5.78 Å². The van der Waals surface area contributed by atoms with E-state index in [9.17, 15) is 9.90 Å². The molecule has 0 aromatic heterocycles. The van der Waals surface area contributed by atoms with E-state index in [-0.39, 0.29) is 11.9 Å². The molecule has 0 aliphatic heterocycles. The predicted molar refractivity (Wildman–Crippen MR) is 97.8 cm³/mol. The second-order valence-electron chi connectivity index (χ2n) is 5.98. The molecule has 0 radical (unpaired) electrons. The van der Waals surface area contributed by atoms with Crippen molar-refractivity contribution in [2.24, 2.45) is 11.8 Å². The first-order valence-corrected chi connectivity index (χ1v) is 8.88. The van der Waals surface area contributed by atoms with Crippen molar-refractivity contribution < 1.29 is 9.90 Å². The maximum atomic E-state index is 9.81. The number of rotatable bonds is 6. The maximum Gasteiger partial charge on any atom is 0.129 e. The number of hydrogen-bond donors (Lipinski definition) is 1. The zero-order valence-corrected chi connectivity index (χ0v) is 16.6. The van der Waals surface area contributed by atoms with Crippen LogP contribution in [0.25, 0.3) is 0 Å². The van der Waals surface area contributed by atoms with Crippen molar-refractivity contribution in [3.8, 4) is 0 Å². The van der Waals surface area contributed by atoms with Crippen molar-refractivity contribution in [2.75, 3.05) is 0 Å². The summed E-state index contributed by atoms with van der Waals surface area (Å²) in [7, 11) is 0. The first-order chi connectivity index (χ1) is 9.70. The number of carbonyl (C=O) groups excluding carboxylic acids is 1. The van der Waals surface area contributed by atoms with E-state index in [1.807, 2.05) is 20.8 Å². The van der Waals surface area contributed by atoms with E-state index in [4.69, 9.17) is 0 Å². The highest BCUT2D eigenvalue weighted by molar-refractivity contribution is 5.74. The molecule has 0 aliphatic rings. The van der Waals surface area contributed by atoms with Gasteiger partial charge in [-0.3, -0.25) is 0 Å². The Bertz CT molecular complexity index is 174. The van der Waals surface area contributed by atoms with Crippen molar-refractivity contribution in [3.63, 3.8) is 0 Å². The summed E-state index contributed by atoms with van der Waals surface area (Å²) in [5.74, 6) is 1.77. The lowest BCUT2D eigenvalue weighted by atomic mass is 9.99. The molecule has 132 valence electrons. The summed E-state index contributed by atoms with van der Waals surface area (Å²) in [5.41, 5.74) is 0. The normalized spacial score (nSPS) is 11.8. The lowest BCUT2D eigenvalue weighted by molar-refractivity contribution is -0.116. The molecule has 0 aliphatic carbocycles. The van der Waals surface area contributed by atoms with Gasteiger partial charge in [0.25, 0.3) is 0 Å². The first-order valence-electron chi connectivity index (χ1n) is 8.88. The molecule has 2 atom stereocenters. The highest BCUT2D eigenvalue weighted by atomic mass is 16.3. The third-order valence-electron chi connectivity index (χ3n) is 2.49. The molecule has 0 amide bonds. The minimum Gasteiger partial charge on any atom is -0.393 e. The van der Waals surface area contributed by atoms with E-state index < -0.39 is 0 Å². The summed E-state index contributed by atoms with van der Waals surface area (Å²) in [6.45, 7) is 20.4. The van der Waals surface area contributed by atoms with Crippen molar-refractivity contribution in [1.29, 1.82) is 0 Å². The fourth-order valence-electron chi connectivity index (χ4n) is 1.08. The van der Waals surface area contributed by atoms with Crippen LogP contribution in [0, 0.1) is 11.8 Å². The van der Waals surface area contributed by atoms with Gasteiger partial charge in [-0.2, -0.15) is 0 Å². The lowest BCUT2D eigenvalue weighted by Gasteiger charge is -2.13. The van der Waals surface area contributed by atoms with Gasteiger partial charge in [0, 0.05) is 6.42 Å². The molecule has 0 aromatic carbocycles. The SMILES string of the molecule is CC.CC(C)C.CCC(C)=O.CCCC(O)CC(C)CC. The highest BCUT2D eigenvalue weighted by Crippen LogP contribution is 2.12. The van der Waals surface area contributed by atoms with Gasteiger partial charge in [-0.05, 0) is 31.6 Å². The first kappa shape index (κ1) is 28.7. The minimum absolute atomic E-state index is 0.0556. The van der Waals surface area contributed by atoms with E-state index in [0.717, 1.165) is 25.2 Å². The molecule has 2 unspecified atom stereocenters. The average Bonchev–Trinajstić information content (AvgIpc) is 2.41. The molecule has 0 fully saturated rings. The standard InChI is InChI=1S/C9H20O.C4H8O.C4H10.C2H6/c1-4-6-9(10)7-8(3)5-2;1-3-4(2)5;1-4(2)3;1-2/h8-10H,4-7H2,1-3H3;3H2,1-2H3;4H,1-3H3;1-2H3. The van der Waals surface area contributed by atoms with E-state index in [2.05, 4.69) is 41.5 Å². The molecule has 0 saturated heterocycles. The zero-order valence-electron chi connectivity index (χ0n) is 16.6. The summed E-state index contributed by atoms with van der Waals surface area (Å²) >= 11 is 0. The number of Topliss-reactive ketones (excluding diaryl/α,β-unsaturated/α-hetero) is 1. The van der Waals surface area contributed by atoms with Crippen LogP contribution in [-0.4, -0.2) is 17.0 Å². The van der Waals surface area contributed by atoms with Gasteiger partial charge in [-0.1, -0.05) is 75.2 Å². The third-order valence-corrected chi connectivity index (χ3v) is 2.49. The molecule has 1 N–H and O–H groups in total. The Morgan fingerprint density at radius 2 is 1.33 bits per heavy atom. The Labute approximate surface area is 135 Å². The Morgan fingerprint density at radius 3 is 1.52 bits per heavy atom. The summed E-state index contributed by atoms with van der Waals surface area (Å²) < 4.78 is 0. The Morgan fingerprint density at radius 1 is 1.00 bits per heavy atom. The van der Waals surface area contributed by atoms with Crippen LogP contribution in [0.3, 0.4) is 0 Å². The van der Waals surface area contributed by atoms with Crippen LogP contribution in [0.5, 0.6) is 0 Å². The average molecular weight is 305 g/mol.